The summed E-state index contributed by atoms with van der Waals surface area (Å²) in [5.74, 6) is 0.992. The zero-order chi connectivity index (χ0) is 22.5. The van der Waals surface area contributed by atoms with Gasteiger partial charge in [0.25, 0.3) is 5.91 Å². The fraction of sp³-hybridized carbons (Fsp3) is 0.292. The molecule has 0 N–H and O–H groups in total. The number of carbonyl (C=O) groups is 1. The summed E-state index contributed by atoms with van der Waals surface area (Å²) in [5.41, 5.74) is 2.68. The first-order chi connectivity index (χ1) is 15.6. The van der Waals surface area contributed by atoms with E-state index in [1.807, 2.05) is 16.8 Å². The first kappa shape index (κ1) is 24.5. The van der Waals surface area contributed by atoms with Gasteiger partial charge in [0.05, 0.1) is 30.8 Å². The molecule has 9 heteroatoms. The molecule has 0 aliphatic rings. The van der Waals surface area contributed by atoms with Crippen molar-refractivity contribution in [1.29, 1.82) is 0 Å². The predicted octanol–water partition coefficient (Wildman–Crippen LogP) is 5.23. The van der Waals surface area contributed by atoms with Crippen LogP contribution in [0.2, 0.25) is 0 Å². The van der Waals surface area contributed by atoms with E-state index in [0.717, 1.165) is 29.6 Å². The minimum Gasteiger partial charge on any atom is -0.493 e. The summed E-state index contributed by atoms with van der Waals surface area (Å²) >= 11 is 1.54. The van der Waals surface area contributed by atoms with Gasteiger partial charge in [0, 0.05) is 31.0 Å². The lowest BCUT2D eigenvalue weighted by Crippen LogP contribution is -2.32. The zero-order valence-corrected chi connectivity index (χ0v) is 20.5. The molecule has 0 bridgehead atoms. The van der Waals surface area contributed by atoms with Gasteiger partial charge in [0.2, 0.25) is 0 Å². The molecule has 0 atom stereocenters. The fourth-order valence-corrected chi connectivity index (χ4v) is 4.67. The molecule has 0 fully saturated rings. The van der Waals surface area contributed by atoms with Crippen molar-refractivity contribution in [2.45, 2.75) is 26.3 Å². The minimum absolute atomic E-state index is 0. The van der Waals surface area contributed by atoms with Gasteiger partial charge in [-0.05, 0) is 42.7 Å². The Labute approximate surface area is 203 Å². The Kier molecular flexibility index (Phi) is 8.30. The van der Waals surface area contributed by atoms with Crippen LogP contribution in [0, 0.1) is 0 Å². The minimum atomic E-state index is -0.117. The molecule has 2 aromatic carbocycles. The van der Waals surface area contributed by atoms with E-state index in [-0.39, 0.29) is 18.3 Å². The zero-order valence-electron chi connectivity index (χ0n) is 18.9. The van der Waals surface area contributed by atoms with E-state index < -0.39 is 0 Å². The maximum absolute atomic E-state index is 13.6. The summed E-state index contributed by atoms with van der Waals surface area (Å²) in [6.07, 6.45) is 7.13. The van der Waals surface area contributed by atoms with Gasteiger partial charge in [-0.3, -0.25) is 9.69 Å². The second-order valence-electron chi connectivity index (χ2n) is 7.29. The Morgan fingerprint density at radius 2 is 1.97 bits per heavy atom. The van der Waals surface area contributed by atoms with E-state index in [1.54, 1.807) is 61.2 Å². The van der Waals surface area contributed by atoms with Crippen LogP contribution in [0.25, 0.3) is 10.2 Å². The lowest BCUT2D eigenvalue weighted by atomic mass is 10.1. The number of halogens is 1. The third-order valence-corrected chi connectivity index (χ3v) is 6.38. The summed E-state index contributed by atoms with van der Waals surface area (Å²) in [6.45, 7) is 3.42. The summed E-state index contributed by atoms with van der Waals surface area (Å²) < 4.78 is 13.8. The smallest absolute Gasteiger partial charge is 0.260 e. The first-order valence-electron chi connectivity index (χ1n) is 10.5. The Hall–Kier alpha value is -3.10. The van der Waals surface area contributed by atoms with Gasteiger partial charge in [-0.25, -0.2) is 9.97 Å². The highest BCUT2D eigenvalue weighted by atomic mass is 35.5. The average molecular weight is 487 g/mol. The Balaban J connectivity index is 0.00000306. The molecule has 0 spiro atoms. The predicted molar refractivity (Wildman–Crippen MR) is 134 cm³/mol. The Morgan fingerprint density at radius 1 is 1.15 bits per heavy atom. The molecule has 2 heterocycles. The van der Waals surface area contributed by atoms with Crippen molar-refractivity contribution in [3.05, 3.63) is 66.2 Å². The van der Waals surface area contributed by atoms with E-state index in [0.29, 0.717) is 28.7 Å². The summed E-state index contributed by atoms with van der Waals surface area (Å²) in [4.78, 5) is 24.3. The van der Waals surface area contributed by atoms with Gasteiger partial charge in [-0.1, -0.05) is 30.4 Å². The highest BCUT2D eigenvalue weighted by Gasteiger charge is 2.23. The normalized spacial score (nSPS) is 10.6. The number of rotatable bonds is 9. The molecule has 174 valence electrons. The molecule has 0 saturated carbocycles. The molecular formula is C24H27ClN4O3S. The maximum atomic E-state index is 13.6. The van der Waals surface area contributed by atoms with Crippen molar-refractivity contribution in [2.75, 3.05) is 25.7 Å². The number of aryl methyl sites for hydroxylation is 2. The molecule has 7 nitrogen and oxygen atoms in total. The number of fused-ring (bicyclic) bond motifs is 1. The van der Waals surface area contributed by atoms with Crippen molar-refractivity contribution < 1.29 is 14.3 Å². The summed E-state index contributed by atoms with van der Waals surface area (Å²) in [6, 6.07) is 11.4. The third-order valence-electron chi connectivity index (χ3n) is 5.34. The van der Waals surface area contributed by atoms with Crippen LogP contribution in [0.4, 0.5) is 5.13 Å². The number of benzene rings is 2. The van der Waals surface area contributed by atoms with Crippen LogP contribution < -0.4 is 14.4 Å². The number of para-hydroxylation sites is 1. The van der Waals surface area contributed by atoms with Crippen molar-refractivity contribution in [3.63, 3.8) is 0 Å². The van der Waals surface area contributed by atoms with Gasteiger partial charge in [0.15, 0.2) is 16.6 Å². The molecule has 1 amide bonds. The van der Waals surface area contributed by atoms with Crippen LogP contribution in [0.15, 0.2) is 55.1 Å². The number of anilines is 1. The van der Waals surface area contributed by atoms with Crippen LogP contribution in [-0.4, -0.2) is 41.2 Å². The summed E-state index contributed by atoms with van der Waals surface area (Å²) in [7, 11) is 3.14. The van der Waals surface area contributed by atoms with Crippen LogP contribution in [-0.2, 0) is 13.0 Å². The monoisotopic (exact) mass is 486 g/mol. The number of ether oxygens (including phenoxy) is 2. The van der Waals surface area contributed by atoms with Crippen molar-refractivity contribution in [3.8, 4) is 11.5 Å². The standard InChI is InChI=1S/C24H26N4O3S.ClH/c1-4-17-7-5-8-21-22(17)26-24(32-21)28(13-6-12-27-14-11-25-16-27)23(29)18-9-10-19(30-2)20(15-18)31-3;/h5,7-11,14-16H,4,6,12-13H2,1-3H3;1H. The fourth-order valence-electron chi connectivity index (χ4n) is 3.63. The molecule has 4 rings (SSSR count). The SMILES string of the molecule is CCc1cccc2sc(N(CCCn3ccnc3)C(=O)c3ccc(OC)c(OC)c3)nc12.Cl. The lowest BCUT2D eigenvalue weighted by molar-refractivity contribution is 0.0986. The van der Waals surface area contributed by atoms with Crippen LogP contribution in [0.3, 0.4) is 0 Å². The van der Waals surface area contributed by atoms with Gasteiger partial charge in [-0.15, -0.1) is 12.4 Å². The highest BCUT2D eigenvalue weighted by Crippen LogP contribution is 2.33. The average Bonchev–Trinajstić information content (AvgIpc) is 3.50. The quantitative estimate of drug-likeness (QED) is 0.324. The second kappa shape index (κ2) is 11.2. The molecular weight excluding hydrogens is 460 g/mol. The lowest BCUT2D eigenvalue weighted by Gasteiger charge is -2.20. The van der Waals surface area contributed by atoms with Gasteiger partial charge >= 0.3 is 0 Å². The van der Waals surface area contributed by atoms with Crippen molar-refractivity contribution in [2.24, 2.45) is 0 Å². The number of nitrogens with zero attached hydrogens (tertiary/aromatic N) is 4. The number of hydrogen-bond donors (Lipinski definition) is 0. The maximum Gasteiger partial charge on any atom is 0.260 e. The number of methoxy groups -OCH3 is 2. The van der Waals surface area contributed by atoms with Crippen molar-refractivity contribution >= 4 is 45.0 Å². The molecule has 4 aromatic rings. The van der Waals surface area contributed by atoms with E-state index >= 15 is 0 Å². The van der Waals surface area contributed by atoms with Crippen LogP contribution >= 0.6 is 23.7 Å². The third kappa shape index (κ3) is 5.29. The number of thiazole rings is 1. The molecule has 0 aliphatic carbocycles. The number of aromatic nitrogens is 3. The highest BCUT2D eigenvalue weighted by molar-refractivity contribution is 7.22. The van der Waals surface area contributed by atoms with Crippen LogP contribution in [0.1, 0.15) is 29.3 Å². The summed E-state index contributed by atoms with van der Waals surface area (Å²) in [5, 5.41) is 0.700. The van der Waals surface area contributed by atoms with Crippen molar-refractivity contribution in [1.82, 2.24) is 14.5 Å². The molecule has 0 radical (unpaired) electrons. The molecule has 0 aliphatic heterocycles. The van der Waals surface area contributed by atoms with E-state index in [4.69, 9.17) is 14.5 Å². The molecule has 0 saturated heterocycles. The first-order valence-corrected chi connectivity index (χ1v) is 11.3. The van der Waals surface area contributed by atoms with E-state index in [9.17, 15) is 4.79 Å². The van der Waals surface area contributed by atoms with Gasteiger partial charge in [-0.2, -0.15) is 0 Å². The molecule has 2 aromatic heterocycles. The van der Waals surface area contributed by atoms with Gasteiger partial charge < -0.3 is 14.0 Å². The van der Waals surface area contributed by atoms with E-state index in [2.05, 4.69) is 24.0 Å². The molecule has 0 unspecified atom stereocenters. The number of hydrogen-bond acceptors (Lipinski definition) is 6. The van der Waals surface area contributed by atoms with Crippen LogP contribution in [0.5, 0.6) is 11.5 Å². The topological polar surface area (TPSA) is 69.5 Å². The number of carbonyl (C=O) groups excluding carboxylic acids is 1. The Morgan fingerprint density at radius 3 is 2.67 bits per heavy atom. The number of imidazole rings is 1. The largest absolute Gasteiger partial charge is 0.493 e. The number of amides is 1. The second-order valence-corrected chi connectivity index (χ2v) is 8.30. The Bertz CT molecular complexity index is 1210. The molecule has 33 heavy (non-hydrogen) atoms. The van der Waals surface area contributed by atoms with Gasteiger partial charge in [0.1, 0.15) is 0 Å². The van der Waals surface area contributed by atoms with E-state index in [1.165, 1.54) is 5.56 Å².